The van der Waals surface area contributed by atoms with Crippen molar-refractivity contribution < 1.29 is 14.3 Å². The standard InChI is InChI=1S/C20H24N2O3/c1-13-4-2-3-5-16(13)20-6-7-22(11-15(20)10-20)17(23)14-8-19(9-14)12-25-18(24)21-19/h2-5,14-15H,6-12H2,1H3,(H,21,24). The first kappa shape index (κ1) is 15.2. The van der Waals surface area contributed by atoms with Crippen molar-refractivity contribution in [1.82, 2.24) is 10.2 Å². The van der Waals surface area contributed by atoms with Crippen molar-refractivity contribution >= 4 is 12.0 Å². The average Bonchev–Trinajstić information content (AvgIpc) is 3.18. The Labute approximate surface area is 147 Å². The van der Waals surface area contributed by atoms with Gasteiger partial charge in [0.1, 0.15) is 6.61 Å². The second kappa shape index (κ2) is 4.99. The summed E-state index contributed by atoms with van der Waals surface area (Å²) < 4.78 is 5.01. The van der Waals surface area contributed by atoms with E-state index >= 15 is 0 Å². The second-order valence-corrected chi connectivity index (χ2v) is 8.49. The molecule has 5 rings (SSSR count). The number of alkyl carbamates (subject to hydrolysis) is 1. The first-order chi connectivity index (χ1) is 12.0. The highest BCUT2D eigenvalue weighted by Crippen LogP contribution is 2.60. The Balaban J connectivity index is 1.23. The van der Waals surface area contributed by atoms with Crippen LogP contribution in [0.5, 0.6) is 0 Å². The summed E-state index contributed by atoms with van der Waals surface area (Å²) >= 11 is 0. The zero-order valence-electron chi connectivity index (χ0n) is 14.6. The molecule has 2 aliphatic carbocycles. The quantitative estimate of drug-likeness (QED) is 0.899. The van der Waals surface area contributed by atoms with Crippen LogP contribution in [0.2, 0.25) is 0 Å². The minimum atomic E-state index is -0.343. The van der Waals surface area contributed by atoms with Gasteiger partial charge in [-0.05, 0) is 49.7 Å². The first-order valence-corrected chi connectivity index (χ1v) is 9.31. The van der Waals surface area contributed by atoms with Crippen molar-refractivity contribution in [3.05, 3.63) is 35.4 Å². The topological polar surface area (TPSA) is 58.6 Å². The Hall–Kier alpha value is -2.04. The summed E-state index contributed by atoms with van der Waals surface area (Å²) in [7, 11) is 0. The van der Waals surface area contributed by atoms with Gasteiger partial charge in [-0.15, -0.1) is 0 Å². The van der Waals surface area contributed by atoms with E-state index in [1.807, 2.05) is 0 Å². The lowest BCUT2D eigenvalue weighted by atomic mass is 9.68. The number of hydrogen-bond acceptors (Lipinski definition) is 3. The number of carbonyl (C=O) groups is 2. The van der Waals surface area contributed by atoms with Crippen molar-refractivity contribution in [2.75, 3.05) is 19.7 Å². The van der Waals surface area contributed by atoms with Crippen LogP contribution in [0.25, 0.3) is 0 Å². The number of nitrogens with zero attached hydrogens (tertiary/aromatic N) is 1. The fraction of sp³-hybridized carbons (Fsp3) is 0.600. The van der Waals surface area contributed by atoms with Crippen LogP contribution in [0, 0.1) is 18.8 Å². The third kappa shape index (κ3) is 2.21. The zero-order valence-corrected chi connectivity index (χ0v) is 14.6. The molecule has 132 valence electrons. The van der Waals surface area contributed by atoms with Crippen LogP contribution < -0.4 is 5.32 Å². The van der Waals surface area contributed by atoms with Gasteiger partial charge in [0, 0.05) is 24.4 Å². The highest BCUT2D eigenvalue weighted by atomic mass is 16.6. The maximum Gasteiger partial charge on any atom is 0.407 e. The monoisotopic (exact) mass is 340 g/mol. The summed E-state index contributed by atoms with van der Waals surface area (Å²) in [6.45, 7) is 4.35. The van der Waals surface area contributed by atoms with Crippen molar-refractivity contribution in [3.63, 3.8) is 0 Å². The molecule has 2 heterocycles. The number of rotatable bonds is 2. The van der Waals surface area contributed by atoms with E-state index in [0.717, 1.165) is 32.4 Å². The molecule has 2 saturated heterocycles. The molecule has 1 aromatic carbocycles. The van der Waals surface area contributed by atoms with Crippen molar-refractivity contribution in [2.45, 2.75) is 43.6 Å². The van der Waals surface area contributed by atoms with E-state index < -0.39 is 0 Å². The Morgan fingerprint density at radius 1 is 1.28 bits per heavy atom. The molecule has 0 radical (unpaired) electrons. The van der Waals surface area contributed by atoms with E-state index in [1.165, 1.54) is 17.5 Å². The fourth-order valence-electron chi connectivity index (χ4n) is 5.44. The molecule has 2 amide bonds. The number of fused-ring (bicyclic) bond motifs is 1. The number of cyclic esters (lactones) is 1. The molecular formula is C20H24N2O3. The molecular weight excluding hydrogens is 316 g/mol. The maximum absolute atomic E-state index is 12.8. The van der Waals surface area contributed by atoms with Gasteiger partial charge < -0.3 is 15.0 Å². The van der Waals surface area contributed by atoms with Crippen LogP contribution in [-0.2, 0) is 14.9 Å². The lowest BCUT2D eigenvalue weighted by Crippen LogP contribution is -2.59. The Morgan fingerprint density at radius 3 is 2.76 bits per heavy atom. The summed E-state index contributed by atoms with van der Waals surface area (Å²) in [5, 5.41) is 2.87. The van der Waals surface area contributed by atoms with Crippen LogP contribution in [0.3, 0.4) is 0 Å². The normalized spacial score (nSPS) is 38.6. The van der Waals surface area contributed by atoms with Crippen molar-refractivity contribution in [3.8, 4) is 0 Å². The van der Waals surface area contributed by atoms with Gasteiger partial charge in [-0.25, -0.2) is 4.79 Å². The van der Waals surface area contributed by atoms with Crippen LogP contribution in [-0.4, -0.2) is 42.1 Å². The number of ether oxygens (including phenoxy) is 1. The van der Waals surface area contributed by atoms with Gasteiger partial charge in [-0.3, -0.25) is 4.79 Å². The van der Waals surface area contributed by atoms with Gasteiger partial charge >= 0.3 is 6.09 Å². The number of aryl methyl sites for hydroxylation is 1. The summed E-state index contributed by atoms with van der Waals surface area (Å²) in [5.41, 5.74) is 2.91. The third-order valence-electron chi connectivity index (χ3n) is 6.96. The van der Waals surface area contributed by atoms with Gasteiger partial charge in [0.05, 0.1) is 5.54 Å². The van der Waals surface area contributed by atoms with Crippen LogP contribution in [0.4, 0.5) is 4.79 Å². The maximum atomic E-state index is 12.8. The predicted molar refractivity (Wildman–Crippen MR) is 92.1 cm³/mol. The molecule has 1 aromatic rings. The number of nitrogens with one attached hydrogen (secondary N) is 1. The number of amides is 2. The molecule has 2 atom stereocenters. The molecule has 4 fully saturated rings. The summed E-state index contributed by atoms with van der Waals surface area (Å²) in [5.74, 6) is 0.929. The minimum Gasteiger partial charge on any atom is -0.447 e. The summed E-state index contributed by atoms with van der Waals surface area (Å²) in [6, 6.07) is 8.70. The number of carbonyl (C=O) groups excluding carboxylic acids is 2. The lowest BCUT2D eigenvalue weighted by Gasteiger charge is -2.44. The van der Waals surface area contributed by atoms with Gasteiger partial charge in [-0.2, -0.15) is 0 Å². The summed E-state index contributed by atoms with van der Waals surface area (Å²) in [6.07, 6.45) is 3.39. The molecule has 1 N–H and O–H groups in total. The van der Waals surface area contributed by atoms with Crippen LogP contribution in [0.15, 0.2) is 24.3 Å². The number of hydrogen-bond donors (Lipinski definition) is 1. The zero-order chi connectivity index (χ0) is 17.2. The largest absolute Gasteiger partial charge is 0.447 e. The average molecular weight is 340 g/mol. The van der Waals surface area contributed by atoms with Gasteiger partial charge in [0.2, 0.25) is 5.91 Å². The van der Waals surface area contributed by atoms with Gasteiger partial charge in [0.25, 0.3) is 0 Å². The van der Waals surface area contributed by atoms with Crippen LogP contribution in [0.1, 0.15) is 36.8 Å². The first-order valence-electron chi connectivity index (χ1n) is 9.31. The number of likely N-dealkylation sites (tertiary alicyclic amines) is 1. The molecule has 2 saturated carbocycles. The van der Waals surface area contributed by atoms with E-state index in [1.54, 1.807) is 0 Å². The smallest absolute Gasteiger partial charge is 0.407 e. The van der Waals surface area contributed by atoms with Gasteiger partial charge in [0.15, 0.2) is 0 Å². The summed E-state index contributed by atoms with van der Waals surface area (Å²) in [4.78, 5) is 26.2. The number of benzene rings is 1. The molecule has 1 spiro atoms. The highest BCUT2D eigenvalue weighted by molar-refractivity contribution is 5.82. The van der Waals surface area contributed by atoms with E-state index in [9.17, 15) is 9.59 Å². The molecule has 2 unspecified atom stereocenters. The Bertz CT molecular complexity index is 755. The second-order valence-electron chi connectivity index (χ2n) is 8.49. The lowest BCUT2D eigenvalue weighted by molar-refractivity contribution is -0.142. The fourth-order valence-corrected chi connectivity index (χ4v) is 5.44. The van der Waals surface area contributed by atoms with Crippen molar-refractivity contribution in [1.29, 1.82) is 0 Å². The third-order valence-corrected chi connectivity index (χ3v) is 6.96. The van der Waals surface area contributed by atoms with E-state index in [0.29, 0.717) is 17.9 Å². The minimum absolute atomic E-state index is 0.0479. The molecule has 5 nitrogen and oxygen atoms in total. The van der Waals surface area contributed by atoms with Gasteiger partial charge in [-0.1, -0.05) is 24.3 Å². The Morgan fingerprint density at radius 2 is 2.08 bits per heavy atom. The van der Waals surface area contributed by atoms with Crippen LogP contribution >= 0.6 is 0 Å². The molecule has 25 heavy (non-hydrogen) atoms. The Kier molecular flexibility index (Phi) is 3.04. The molecule has 0 aromatic heterocycles. The molecule has 2 aliphatic heterocycles. The molecule has 4 aliphatic rings. The van der Waals surface area contributed by atoms with E-state index in [4.69, 9.17) is 4.74 Å². The van der Waals surface area contributed by atoms with E-state index in [2.05, 4.69) is 41.4 Å². The predicted octanol–water partition coefficient (Wildman–Crippen LogP) is 2.37. The molecule has 0 bridgehead atoms. The highest BCUT2D eigenvalue weighted by Gasteiger charge is 2.60. The molecule has 5 heteroatoms. The SMILES string of the molecule is Cc1ccccc1C12CCN(C(=O)C3CC4(COC(=O)N4)C3)CC1C2. The number of piperidine rings is 1. The van der Waals surface area contributed by atoms with Crippen molar-refractivity contribution in [2.24, 2.45) is 11.8 Å². The van der Waals surface area contributed by atoms with E-state index in [-0.39, 0.29) is 23.5 Å².